The van der Waals surface area contributed by atoms with Crippen LogP contribution in [0.3, 0.4) is 0 Å². The molecule has 0 aliphatic carbocycles. The largest absolute Gasteiger partial charge is 0.397 e. The van der Waals surface area contributed by atoms with Gasteiger partial charge in [-0.3, -0.25) is 4.79 Å². The maximum absolute atomic E-state index is 11.4. The van der Waals surface area contributed by atoms with Crippen LogP contribution in [0.5, 0.6) is 0 Å². The third kappa shape index (κ3) is 3.17. The number of anilines is 2. The van der Waals surface area contributed by atoms with Crippen molar-refractivity contribution in [3.05, 3.63) is 23.8 Å². The normalized spacial score (nSPS) is 21.9. The van der Waals surface area contributed by atoms with Crippen molar-refractivity contribution in [2.75, 3.05) is 17.7 Å². The van der Waals surface area contributed by atoms with Gasteiger partial charge in [0.1, 0.15) is 0 Å². The van der Waals surface area contributed by atoms with Gasteiger partial charge in [-0.15, -0.1) is 0 Å². The highest BCUT2D eigenvalue weighted by Gasteiger charge is 2.29. The summed E-state index contributed by atoms with van der Waals surface area (Å²) in [5.74, 6) is -0.471. The maximum Gasteiger partial charge on any atom is 0.250 e. The number of hydrogen-bond acceptors (Lipinski definition) is 4. The van der Waals surface area contributed by atoms with E-state index < -0.39 is 5.91 Å². The molecule has 19 heavy (non-hydrogen) atoms. The summed E-state index contributed by atoms with van der Waals surface area (Å²) < 4.78 is 5.68. The van der Waals surface area contributed by atoms with Crippen molar-refractivity contribution in [1.82, 2.24) is 0 Å². The molecule has 1 unspecified atom stereocenters. The molecule has 0 aromatic heterocycles. The summed E-state index contributed by atoms with van der Waals surface area (Å²) in [6.45, 7) is 4.82. The Hall–Kier alpha value is -1.75. The average molecular weight is 263 g/mol. The quantitative estimate of drug-likeness (QED) is 0.724. The fourth-order valence-corrected chi connectivity index (χ4v) is 2.50. The van der Waals surface area contributed by atoms with E-state index in [2.05, 4.69) is 19.2 Å². The van der Waals surface area contributed by atoms with Gasteiger partial charge in [-0.1, -0.05) is 6.07 Å². The molecule has 5 N–H and O–H groups in total. The molecular formula is C14H21N3O2. The minimum atomic E-state index is -0.471. The Kier molecular flexibility index (Phi) is 3.66. The monoisotopic (exact) mass is 263 g/mol. The second-order valence-corrected chi connectivity index (χ2v) is 5.58. The number of amides is 1. The van der Waals surface area contributed by atoms with Crippen LogP contribution in [0, 0.1) is 0 Å². The number of hydrogen-bond donors (Lipinski definition) is 3. The lowest BCUT2D eigenvalue weighted by Crippen LogP contribution is -2.40. The molecule has 1 amide bonds. The van der Waals surface area contributed by atoms with Crippen molar-refractivity contribution >= 4 is 17.3 Å². The predicted molar refractivity (Wildman–Crippen MR) is 76.0 cm³/mol. The highest BCUT2D eigenvalue weighted by atomic mass is 16.5. The van der Waals surface area contributed by atoms with Crippen LogP contribution in [0.4, 0.5) is 11.4 Å². The predicted octanol–water partition coefficient (Wildman–Crippen LogP) is 1.74. The highest BCUT2D eigenvalue weighted by molar-refractivity contribution is 6.01. The van der Waals surface area contributed by atoms with E-state index in [0.29, 0.717) is 23.5 Å². The molecule has 1 atom stereocenters. The van der Waals surface area contributed by atoms with Gasteiger partial charge in [0.15, 0.2) is 0 Å². The standard InChI is InChI=1S/C14H21N3O2/c1-14(2)8-9(6-7-19-14)17-12-10(13(16)18)4-3-5-11(12)15/h3-5,9,17H,6-8,15H2,1-2H3,(H2,16,18). The first-order valence-corrected chi connectivity index (χ1v) is 6.48. The van der Waals surface area contributed by atoms with Gasteiger partial charge < -0.3 is 21.5 Å². The van der Waals surface area contributed by atoms with Gasteiger partial charge in [-0.2, -0.15) is 0 Å². The SMILES string of the molecule is CC1(C)CC(Nc2c(N)cccc2C(N)=O)CCO1. The number of para-hydroxylation sites is 1. The zero-order valence-electron chi connectivity index (χ0n) is 11.4. The third-order valence-corrected chi connectivity index (χ3v) is 3.41. The first-order chi connectivity index (χ1) is 8.89. The topological polar surface area (TPSA) is 90.4 Å². The van der Waals surface area contributed by atoms with Crippen LogP contribution in [-0.2, 0) is 4.74 Å². The number of primary amides is 1. The fourth-order valence-electron chi connectivity index (χ4n) is 2.50. The van der Waals surface area contributed by atoms with E-state index in [1.165, 1.54) is 0 Å². The maximum atomic E-state index is 11.4. The number of rotatable bonds is 3. The minimum Gasteiger partial charge on any atom is -0.397 e. The zero-order chi connectivity index (χ0) is 14.0. The van der Waals surface area contributed by atoms with Crippen molar-refractivity contribution in [1.29, 1.82) is 0 Å². The molecule has 1 aliphatic heterocycles. The van der Waals surface area contributed by atoms with E-state index in [0.717, 1.165) is 12.8 Å². The number of nitrogens with one attached hydrogen (secondary N) is 1. The van der Waals surface area contributed by atoms with Crippen molar-refractivity contribution in [3.63, 3.8) is 0 Å². The minimum absolute atomic E-state index is 0.160. The summed E-state index contributed by atoms with van der Waals surface area (Å²) in [5.41, 5.74) is 12.8. The first-order valence-electron chi connectivity index (χ1n) is 6.48. The van der Waals surface area contributed by atoms with Crippen LogP contribution in [-0.4, -0.2) is 24.2 Å². The van der Waals surface area contributed by atoms with Crippen LogP contribution in [0.2, 0.25) is 0 Å². The number of ether oxygens (including phenoxy) is 1. The lowest BCUT2D eigenvalue weighted by Gasteiger charge is -2.36. The Bertz CT molecular complexity index is 486. The molecule has 1 saturated heterocycles. The lowest BCUT2D eigenvalue weighted by molar-refractivity contribution is -0.0553. The molecule has 1 aliphatic rings. The number of benzene rings is 1. The van der Waals surface area contributed by atoms with Crippen LogP contribution < -0.4 is 16.8 Å². The van der Waals surface area contributed by atoms with Gasteiger partial charge >= 0.3 is 0 Å². The second kappa shape index (κ2) is 5.09. The Morgan fingerprint density at radius 3 is 2.84 bits per heavy atom. The second-order valence-electron chi connectivity index (χ2n) is 5.58. The van der Waals surface area contributed by atoms with E-state index in [-0.39, 0.29) is 11.6 Å². The third-order valence-electron chi connectivity index (χ3n) is 3.41. The molecule has 0 radical (unpaired) electrons. The van der Waals surface area contributed by atoms with Gasteiger partial charge in [0.2, 0.25) is 0 Å². The van der Waals surface area contributed by atoms with Gasteiger partial charge in [0.25, 0.3) is 5.91 Å². The first kappa shape index (κ1) is 13.7. The van der Waals surface area contributed by atoms with Crippen molar-refractivity contribution in [3.8, 4) is 0 Å². The van der Waals surface area contributed by atoms with Crippen LogP contribution in [0.25, 0.3) is 0 Å². The molecule has 104 valence electrons. The Morgan fingerprint density at radius 1 is 1.47 bits per heavy atom. The summed E-state index contributed by atoms with van der Waals surface area (Å²) in [4.78, 5) is 11.4. The molecule has 1 aromatic rings. The Morgan fingerprint density at radius 2 is 2.21 bits per heavy atom. The molecule has 1 fully saturated rings. The Labute approximate surface area is 113 Å². The van der Waals surface area contributed by atoms with Gasteiger partial charge in [-0.25, -0.2) is 0 Å². The van der Waals surface area contributed by atoms with E-state index in [9.17, 15) is 4.79 Å². The molecule has 2 rings (SSSR count). The number of nitrogens with two attached hydrogens (primary N) is 2. The molecule has 0 bridgehead atoms. The van der Waals surface area contributed by atoms with E-state index >= 15 is 0 Å². The lowest BCUT2D eigenvalue weighted by atomic mass is 9.93. The van der Waals surface area contributed by atoms with Gasteiger partial charge in [0, 0.05) is 12.6 Å². The average Bonchev–Trinajstić information content (AvgIpc) is 2.30. The number of carbonyl (C=O) groups is 1. The number of nitrogen functional groups attached to an aromatic ring is 1. The van der Waals surface area contributed by atoms with Crippen LogP contribution in [0.1, 0.15) is 37.0 Å². The molecule has 5 nitrogen and oxygen atoms in total. The Balaban J connectivity index is 2.21. The van der Waals surface area contributed by atoms with Crippen molar-refractivity contribution in [2.45, 2.75) is 38.3 Å². The molecule has 5 heteroatoms. The molecule has 0 saturated carbocycles. The van der Waals surface area contributed by atoms with E-state index in [1.807, 2.05) is 0 Å². The fraction of sp³-hybridized carbons (Fsp3) is 0.500. The summed E-state index contributed by atoms with van der Waals surface area (Å²) in [5, 5.41) is 3.35. The smallest absolute Gasteiger partial charge is 0.250 e. The number of carbonyl (C=O) groups excluding carboxylic acids is 1. The van der Waals surface area contributed by atoms with Gasteiger partial charge in [0.05, 0.1) is 22.5 Å². The van der Waals surface area contributed by atoms with Gasteiger partial charge in [-0.05, 0) is 38.8 Å². The molecule has 0 spiro atoms. The highest BCUT2D eigenvalue weighted by Crippen LogP contribution is 2.30. The summed E-state index contributed by atoms with van der Waals surface area (Å²) in [6, 6.07) is 5.41. The molecule has 1 aromatic carbocycles. The molecule has 1 heterocycles. The van der Waals surface area contributed by atoms with Crippen LogP contribution >= 0.6 is 0 Å². The summed E-state index contributed by atoms with van der Waals surface area (Å²) >= 11 is 0. The van der Waals surface area contributed by atoms with E-state index in [4.69, 9.17) is 16.2 Å². The zero-order valence-corrected chi connectivity index (χ0v) is 11.4. The van der Waals surface area contributed by atoms with Crippen molar-refractivity contribution in [2.24, 2.45) is 5.73 Å². The summed E-state index contributed by atoms with van der Waals surface area (Å²) in [6.07, 6.45) is 1.75. The van der Waals surface area contributed by atoms with E-state index in [1.54, 1.807) is 18.2 Å². The van der Waals surface area contributed by atoms with Crippen LogP contribution in [0.15, 0.2) is 18.2 Å². The summed E-state index contributed by atoms with van der Waals surface area (Å²) in [7, 11) is 0. The molecular weight excluding hydrogens is 242 g/mol. The van der Waals surface area contributed by atoms with Crippen molar-refractivity contribution < 1.29 is 9.53 Å².